The molecule has 4 rings (SSSR count). The molecule has 2 aliphatic rings. The summed E-state index contributed by atoms with van der Waals surface area (Å²) < 4.78 is 20.3. The zero-order chi connectivity index (χ0) is 24.2. The number of rotatable bonds is 9. The number of nitrogens with one attached hydrogen (secondary N) is 1. The number of carbonyl (C=O) groups excluding carboxylic acids is 2. The van der Waals surface area contributed by atoms with Crippen LogP contribution in [0.3, 0.4) is 0 Å². The van der Waals surface area contributed by atoms with Crippen molar-refractivity contribution in [1.82, 2.24) is 10.2 Å². The van der Waals surface area contributed by atoms with Crippen LogP contribution in [0, 0.1) is 17.7 Å². The van der Waals surface area contributed by atoms with Crippen LogP contribution in [0.5, 0.6) is 5.75 Å². The molecule has 34 heavy (non-hydrogen) atoms. The molecule has 0 bridgehead atoms. The molecule has 1 aliphatic heterocycles. The monoisotopic (exact) mass is 466 g/mol. The van der Waals surface area contributed by atoms with E-state index in [1.807, 2.05) is 49.9 Å². The summed E-state index contributed by atoms with van der Waals surface area (Å²) in [6, 6.07) is 11.9. The first-order valence-electron chi connectivity index (χ1n) is 12.5. The molecule has 0 unspecified atom stereocenters. The van der Waals surface area contributed by atoms with Crippen molar-refractivity contribution in [2.45, 2.75) is 65.0 Å². The van der Waals surface area contributed by atoms with Crippen molar-refractivity contribution in [3.05, 3.63) is 65.0 Å². The van der Waals surface area contributed by atoms with E-state index >= 15 is 0 Å². The van der Waals surface area contributed by atoms with Gasteiger partial charge in [0.25, 0.3) is 5.91 Å². The second-order valence-electron chi connectivity index (χ2n) is 9.96. The van der Waals surface area contributed by atoms with Crippen molar-refractivity contribution in [2.24, 2.45) is 11.8 Å². The van der Waals surface area contributed by atoms with Gasteiger partial charge in [-0.3, -0.25) is 9.59 Å². The number of amides is 2. The molecule has 0 aromatic heterocycles. The molecule has 2 atom stereocenters. The molecular formula is C28H35FN2O3. The molecule has 1 aliphatic carbocycles. The van der Waals surface area contributed by atoms with Crippen molar-refractivity contribution in [1.29, 1.82) is 0 Å². The summed E-state index contributed by atoms with van der Waals surface area (Å²) in [5, 5.41) is 3.00. The van der Waals surface area contributed by atoms with E-state index in [0.29, 0.717) is 37.6 Å². The van der Waals surface area contributed by atoms with Crippen molar-refractivity contribution in [2.75, 3.05) is 13.1 Å². The van der Waals surface area contributed by atoms with E-state index in [-0.39, 0.29) is 23.5 Å². The second-order valence-corrected chi connectivity index (χ2v) is 9.96. The Morgan fingerprint density at radius 2 is 1.97 bits per heavy atom. The van der Waals surface area contributed by atoms with Crippen LogP contribution in [-0.2, 0) is 16.0 Å². The third-order valence-electron chi connectivity index (χ3n) is 6.62. The van der Waals surface area contributed by atoms with Crippen LogP contribution in [-0.4, -0.2) is 35.9 Å². The number of hydrogen-bond acceptors (Lipinski definition) is 3. The van der Waals surface area contributed by atoms with Gasteiger partial charge in [0.2, 0.25) is 5.91 Å². The minimum Gasteiger partial charge on any atom is -0.481 e. The Kier molecular flexibility index (Phi) is 7.54. The van der Waals surface area contributed by atoms with Gasteiger partial charge in [-0.05, 0) is 78.5 Å². The Labute approximate surface area is 201 Å². The first kappa shape index (κ1) is 24.2. The number of carbonyl (C=O) groups is 2. The van der Waals surface area contributed by atoms with Crippen molar-refractivity contribution < 1.29 is 18.7 Å². The Balaban J connectivity index is 1.63. The van der Waals surface area contributed by atoms with Gasteiger partial charge in [0, 0.05) is 19.5 Å². The van der Waals surface area contributed by atoms with Gasteiger partial charge in [0.15, 0.2) is 6.10 Å². The normalized spacial score (nSPS) is 18.4. The van der Waals surface area contributed by atoms with E-state index in [2.05, 4.69) is 5.32 Å². The Morgan fingerprint density at radius 3 is 2.65 bits per heavy atom. The SMILES string of the molecule is CC[C@@H](Oc1ccc2c(c1)[C@H](c1cccc(F)c1)N(C(=O)CC(C)C)CC2)C(=O)NCC1CC1. The summed E-state index contributed by atoms with van der Waals surface area (Å²) in [5.74, 6) is 1.07. The van der Waals surface area contributed by atoms with E-state index in [0.717, 1.165) is 23.1 Å². The van der Waals surface area contributed by atoms with Gasteiger partial charge in [0.05, 0.1) is 6.04 Å². The molecule has 0 spiro atoms. The summed E-state index contributed by atoms with van der Waals surface area (Å²) in [6.45, 7) is 7.27. The highest BCUT2D eigenvalue weighted by molar-refractivity contribution is 5.81. The Hall–Kier alpha value is -2.89. The van der Waals surface area contributed by atoms with Gasteiger partial charge >= 0.3 is 0 Å². The third kappa shape index (κ3) is 5.78. The fourth-order valence-corrected chi connectivity index (χ4v) is 4.61. The molecule has 6 heteroatoms. The highest BCUT2D eigenvalue weighted by Crippen LogP contribution is 2.38. The standard InChI is InChI=1S/C28H35FN2O3/c1-4-25(28(33)30-17-19-8-9-19)34-23-11-10-20-12-13-31(26(32)14-18(2)3)27(24(20)16-23)21-6-5-7-22(29)15-21/h5-7,10-11,15-16,18-19,25,27H,4,8-9,12-14,17H2,1-3H3,(H,30,33)/t25-,27+/m1/s1. The molecule has 2 aromatic rings. The van der Waals surface area contributed by atoms with Gasteiger partial charge < -0.3 is 15.0 Å². The highest BCUT2D eigenvalue weighted by atomic mass is 19.1. The maximum atomic E-state index is 14.2. The van der Waals surface area contributed by atoms with Gasteiger partial charge in [0.1, 0.15) is 11.6 Å². The molecule has 0 saturated heterocycles. The summed E-state index contributed by atoms with van der Waals surface area (Å²) >= 11 is 0. The topological polar surface area (TPSA) is 58.6 Å². The number of ether oxygens (including phenoxy) is 1. The fraction of sp³-hybridized carbons (Fsp3) is 0.500. The van der Waals surface area contributed by atoms with E-state index in [4.69, 9.17) is 4.74 Å². The summed E-state index contributed by atoms with van der Waals surface area (Å²) in [4.78, 5) is 27.7. The van der Waals surface area contributed by atoms with E-state index < -0.39 is 12.1 Å². The van der Waals surface area contributed by atoms with Crippen molar-refractivity contribution in [3.63, 3.8) is 0 Å². The Morgan fingerprint density at radius 1 is 1.18 bits per heavy atom. The van der Waals surface area contributed by atoms with Crippen molar-refractivity contribution in [3.8, 4) is 5.75 Å². The van der Waals surface area contributed by atoms with Gasteiger partial charge in [-0.15, -0.1) is 0 Å². The zero-order valence-corrected chi connectivity index (χ0v) is 20.4. The fourth-order valence-electron chi connectivity index (χ4n) is 4.61. The number of halogens is 1. The molecule has 2 aromatic carbocycles. The highest BCUT2D eigenvalue weighted by Gasteiger charge is 2.33. The quantitative estimate of drug-likeness (QED) is 0.564. The largest absolute Gasteiger partial charge is 0.481 e. The van der Waals surface area contributed by atoms with Crippen LogP contribution < -0.4 is 10.1 Å². The predicted molar refractivity (Wildman–Crippen MR) is 130 cm³/mol. The summed E-state index contributed by atoms with van der Waals surface area (Å²) in [6.07, 6.45) is 3.50. The molecule has 5 nitrogen and oxygen atoms in total. The lowest BCUT2D eigenvalue weighted by Crippen LogP contribution is -2.41. The molecular weight excluding hydrogens is 431 g/mol. The first-order chi connectivity index (χ1) is 16.4. The number of benzene rings is 2. The van der Waals surface area contributed by atoms with Gasteiger partial charge in [-0.2, -0.15) is 0 Å². The first-order valence-corrected chi connectivity index (χ1v) is 12.5. The summed E-state index contributed by atoms with van der Waals surface area (Å²) in [7, 11) is 0. The van der Waals surface area contributed by atoms with Crippen LogP contribution in [0.4, 0.5) is 4.39 Å². The molecule has 182 valence electrons. The Bertz CT molecular complexity index is 1030. The van der Waals surface area contributed by atoms with Crippen LogP contribution >= 0.6 is 0 Å². The summed E-state index contributed by atoms with van der Waals surface area (Å²) in [5.41, 5.74) is 2.78. The van der Waals surface area contributed by atoms with E-state index in [9.17, 15) is 14.0 Å². The lowest BCUT2D eigenvalue weighted by Gasteiger charge is -2.38. The lowest BCUT2D eigenvalue weighted by molar-refractivity contribution is -0.134. The minimum atomic E-state index is -0.577. The molecule has 1 N–H and O–H groups in total. The molecule has 1 fully saturated rings. The van der Waals surface area contributed by atoms with Crippen LogP contribution in [0.15, 0.2) is 42.5 Å². The number of hydrogen-bond donors (Lipinski definition) is 1. The lowest BCUT2D eigenvalue weighted by atomic mass is 9.87. The average Bonchev–Trinajstić information content (AvgIpc) is 3.64. The zero-order valence-electron chi connectivity index (χ0n) is 20.4. The van der Waals surface area contributed by atoms with Crippen LogP contribution in [0.25, 0.3) is 0 Å². The maximum Gasteiger partial charge on any atom is 0.261 e. The predicted octanol–water partition coefficient (Wildman–Crippen LogP) is 5.03. The molecule has 1 saturated carbocycles. The second kappa shape index (κ2) is 10.6. The molecule has 0 radical (unpaired) electrons. The van der Waals surface area contributed by atoms with Gasteiger partial charge in [-0.25, -0.2) is 4.39 Å². The number of nitrogens with zero attached hydrogens (tertiary/aromatic N) is 1. The van der Waals surface area contributed by atoms with Crippen LogP contribution in [0.2, 0.25) is 0 Å². The smallest absolute Gasteiger partial charge is 0.261 e. The van der Waals surface area contributed by atoms with Crippen molar-refractivity contribution >= 4 is 11.8 Å². The molecule has 2 amide bonds. The minimum absolute atomic E-state index is 0.0621. The van der Waals surface area contributed by atoms with Gasteiger partial charge in [-0.1, -0.05) is 39.0 Å². The average molecular weight is 467 g/mol. The van der Waals surface area contributed by atoms with E-state index in [1.54, 1.807) is 6.07 Å². The van der Waals surface area contributed by atoms with Crippen LogP contribution in [0.1, 0.15) is 69.2 Å². The number of fused-ring (bicyclic) bond motifs is 1. The van der Waals surface area contributed by atoms with E-state index in [1.165, 1.54) is 25.0 Å². The maximum absolute atomic E-state index is 14.2. The third-order valence-corrected chi connectivity index (χ3v) is 6.62. The molecule has 1 heterocycles.